The van der Waals surface area contributed by atoms with Gasteiger partial charge in [-0.15, -0.1) is 0 Å². The number of alkyl halides is 3. The molecule has 1 fully saturated rings. The van der Waals surface area contributed by atoms with Crippen molar-refractivity contribution in [2.75, 3.05) is 30.4 Å². The topological polar surface area (TPSA) is 65.0 Å². The highest BCUT2D eigenvalue weighted by Crippen LogP contribution is 2.36. The Hall–Kier alpha value is -2.58. The zero-order valence-corrected chi connectivity index (χ0v) is 15.0. The monoisotopic (exact) mass is 382 g/mol. The van der Waals surface area contributed by atoms with Crippen LogP contribution >= 0.6 is 0 Å². The first-order valence-electron chi connectivity index (χ1n) is 8.87. The number of nitrogens with zero attached hydrogens (tertiary/aromatic N) is 3. The molecule has 0 radical (unpaired) electrons. The fourth-order valence-corrected chi connectivity index (χ4v) is 3.25. The molecule has 0 saturated carbocycles. The van der Waals surface area contributed by atoms with Crippen molar-refractivity contribution in [1.29, 1.82) is 0 Å². The fraction of sp³-hybridized carbons (Fsp3) is 0.500. The molecular weight excluding hydrogens is 361 g/mol. The van der Waals surface area contributed by atoms with Crippen molar-refractivity contribution in [3.05, 3.63) is 23.8 Å². The van der Waals surface area contributed by atoms with Gasteiger partial charge in [0.25, 0.3) is 5.91 Å². The molecule has 1 aromatic carbocycles. The molecule has 27 heavy (non-hydrogen) atoms. The molecule has 2 amide bonds. The number of benzene rings is 1. The van der Waals surface area contributed by atoms with Gasteiger partial charge in [-0.05, 0) is 37.5 Å². The number of piperidine rings is 1. The van der Waals surface area contributed by atoms with E-state index >= 15 is 0 Å². The van der Waals surface area contributed by atoms with Crippen LogP contribution in [-0.4, -0.2) is 42.7 Å². The number of nitrogens with one attached hydrogen (secondary N) is 1. The standard InChI is InChI=1S/C18H21F3N4O2/c1-24-16(26)8-6-13(23-24)17(27)22-14-11-12(18(19,20)21)5-7-15(14)25-9-3-2-4-10-25/h5,7,11H,2-4,6,8-10H2,1H3,(H,22,27). The molecule has 0 aromatic heterocycles. The summed E-state index contributed by atoms with van der Waals surface area (Å²) in [6, 6.07) is 3.40. The number of hydrazone groups is 1. The Morgan fingerprint density at radius 1 is 1.15 bits per heavy atom. The average molecular weight is 382 g/mol. The average Bonchev–Trinajstić information content (AvgIpc) is 2.64. The lowest BCUT2D eigenvalue weighted by atomic mass is 10.1. The van der Waals surface area contributed by atoms with Crippen LogP contribution in [0, 0.1) is 0 Å². The van der Waals surface area contributed by atoms with Crippen LogP contribution in [0.4, 0.5) is 24.5 Å². The summed E-state index contributed by atoms with van der Waals surface area (Å²) >= 11 is 0. The molecule has 9 heteroatoms. The van der Waals surface area contributed by atoms with E-state index in [0.717, 1.165) is 49.5 Å². The number of amides is 2. The summed E-state index contributed by atoms with van der Waals surface area (Å²) < 4.78 is 39.4. The molecular formula is C18H21F3N4O2. The highest BCUT2D eigenvalue weighted by atomic mass is 19.4. The van der Waals surface area contributed by atoms with Gasteiger partial charge in [-0.2, -0.15) is 18.3 Å². The second kappa shape index (κ2) is 7.58. The SMILES string of the molecule is CN1N=C(C(=O)Nc2cc(C(F)(F)F)ccc2N2CCCCC2)CCC1=O. The van der Waals surface area contributed by atoms with Crippen LogP contribution in [-0.2, 0) is 15.8 Å². The number of anilines is 2. The van der Waals surface area contributed by atoms with E-state index in [1.807, 2.05) is 4.90 Å². The molecule has 6 nitrogen and oxygen atoms in total. The van der Waals surface area contributed by atoms with E-state index in [1.54, 1.807) is 0 Å². The zero-order chi connectivity index (χ0) is 19.6. The van der Waals surface area contributed by atoms with Crippen LogP contribution in [0.25, 0.3) is 0 Å². The normalized spacial score (nSPS) is 18.4. The summed E-state index contributed by atoms with van der Waals surface area (Å²) in [5, 5.41) is 7.58. The summed E-state index contributed by atoms with van der Waals surface area (Å²) in [4.78, 5) is 26.0. The van der Waals surface area contributed by atoms with E-state index in [4.69, 9.17) is 0 Å². The first-order valence-corrected chi connectivity index (χ1v) is 8.87. The van der Waals surface area contributed by atoms with Gasteiger partial charge in [0, 0.05) is 33.0 Å². The van der Waals surface area contributed by atoms with Crippen molar-refractivity contribution < 1.29 is 22.8 Å². The maximum Gasteiger partial charge on any atom is 0.416 e. The molecule has 3 rings (SSSR count). The van der Waals surface area contributed by atoms with Crippen molar-refractivity contribution in [2.24, 2.45) is 5.10 Å². The lowest BCUT2D eigenvalue weighted by Gasteiger charge is -2.31. The number of hydrogen-bond acceptors (Lipinski definition) is 4. The molecule has 0 spiro atoms. The van der Waals surface area contributed by atoms with Gasteiger partial charge >= 0.3 is 6.18 Å². The summed E-state index contributed by atoms with van der Waals surface area (Å²) in [5.41, 5.74) is -0.0218. The molecule has 0 bridgehead atoms. The third kappa shape index (κ3) is 4.40. The molecule has 0 aliphatic carbocycles. The summed E-state index contributed by atoms with van der Waals surface area (Å²) in [5.74, 6) is -0.799. The van der Waals surface area contributed by atoms with Gasteiger partial charge in [-0.1, -0.05) is 0 Å². The van der Waals surface area contributed by atoms with Gasteiger partial charge < -0.3 is 10.2 Å². The Bertz CT molecular complexity index is 770. The Kier molecular flexibility index (Phi) is 5.38. The minimum absolute atomic E-state index is 0.110. The number of hydrogen-bond donors (Lipinski definition) is 1. The van der Waals surface area contributed by atoms with Crippen LogP contribution in [0.5, 0.6) is 0 Å². The van der Waals surface area contributed by atoms with Crippen molar-refractivity contribution in [1.82, 2.24) is 5.01 Å². The van der Waals surface area contributed by atoms with E-state index in [9.17, 15) is 22.8 Å². The summed E-state index contributed by atoms with van der Waals surface area (Å²) in [6.45, 7) is 1.46. The van der Waals surface area contributed by atoms with Gasteiger partial charge in [0.1, 0.15) is 5.71 Å². The molecule has 0 atom stereocenters. The lowest BCUT2D eigenvalue weighted by Crippen LogP contribution is -2.35. The minimum Gasteiger partial charge on any atom is -0.370 e. The Balaban J connectivity index is 1.90. The molecule has 2 aliphatic rings. The Labute approximate surface area is 155 Å². The lowest BCUT2D eigenvalue weighted by molar-refractivity contribution is -0.137. The second-order valence-corrected chi connectivity index (χ2v) is 6.70. The van der Waals surface area contributed by atoms with Crippen LogP contribution in [0.2, 0.25) is 0 Å². The number of rotatable bonds is 3. The predicted octanol–water partition coefficient (Wildman–Crippen LogP) is 3.24. The highest BCUT2D eigenvalue weighted by molar-refractivity contribution is 6.43. The molecule has 1 saturated heterocycles. The maximum atomic E-state index is 13.1. The van der Waals surface area contributed by atoms with Crippen molar-refractivity contribution in [2.45, 2.75) is 38.3 Å². The maximum absolute atomic E-state index is 13.1. The first kappa shape index (κ1) is 19.2. The molecule has 1 N–H and O–H groups in total. The van der Waals surface area contributed by atoms with Crippen molar-refractivity contribution in [3.8, 4) is 0 Å². The van der Waals surface area contributed by atoms with Gasteiger partial charge in [0.2, 0.25) is 5.91 Å². The van der Waals surface area contributed by atoms with Gasteiger partial charge in [0.15, 0.2) is 0 Å². The van der Waals surface area contributed by atoms with Gasteiger partial charge in [-0.3, -0.25) is 9.59 Å². The first-order chi connectivity index (χ1) is 12.8. The number of halogens is 3. The van der Waals surface area contributed by atoms with E-state index in [1.165, 1.54) is 13.1 Å². The summed E-state index contributed by atoms with van der Waals surface area (Å²) in [7, 11) is 1.44. The summed E-state index contributed by atoms with van der Waals surface area (Å²) in [6.07, 6.45) is -1.22. The van der Waals surface area contributed by atoms with Crippen LogP contribution in [0.1, 0.15) is 37.7 Å². The Morgan fingerprint density at radius 3 is 2.48 bits per heavy atom. The van der Waals surface area contributed by atoms with Crippen LogP contribution in [0.3, 0.4) is 0 Å². The van der Waals surface area contributed by atoms with Crippen molar-refractivity contribution in [3.63, 3.8) is 0 Å². The number of carbonyl (C=O) groups is 2. The van der Waals surface area contributed by atoms with E-state index in [0.29, 0.717) is 5.69 Å². The molecule has 1 aromatic rings. The third-order valence-corrected chi connectivity index (χ3v) is 4.74. The van der Waals surface area contributed by atoms with E-state index in [-0.39, 0.29) is 30.1 Å². The largest absolute Gasteiger partial charge is 0.416 e. The minimum atomic E-state index is -4.51. The van der Waals surface area contributed by atoms with Crippen LogP contribution in [0.15, 0.2) is 23.3 Å². The van der Waals surface area contributed by atoms with E-state index < -0.39 is 17.6 Å². The van der Waals surface area contributed by atoms with Crippen molar-refractivity contribution >= 4 is 28.9 Å². The third-order valence-electron chi connectivity index (χ3n) is 4.74. The Morgan fingerprint density at radius 2 is 1.85 bits per heavy atom. The van der Waals surface area contributed by atoms with Crippen LogP contribution < -0.4 is 10.2 Å². The predicted molar refractivity (Wildman–Crippen MR) is 95.6 cm³/mol. The number of carbonyl (C=O) groups excluding carboxylic acids is 2. The molecule has 0 unspecified atom stereocenters. The molecule has 2 heterocycles. The second-order valence-electron chi connectivity index (χ2n) is 6.70. The zero-order valence-electron chi connectivity index (χ0n) is 15.0. The quantitative estimate of drug-likeness (QED) is 0.873. The van der Waals surface area contributed by atoms with Gasteiger partial charge in [-0.25, -0.2) is 5.01 Å². The van der Waals surface area contributed by atoms with Gasteiger partial charge in [0.05, 0.1) is 16.9 Å². The molecule has 2 aliphatic heterocycles. The molecule has 146 valence electrons. The van der Waals surface area contributed by atoms with E-state index in [2.05, 4.69) is 10.4 Å². The fourth-order valence-electron chi connectivity index (χ4n) is 3.25. The smallest absolute Gasteiger partial charge is 0.370 e. The highest BCUT2D eigenvalue weighted by Gasteiger charge is 2.32.